The molecule has 2 rings (SSSR count). The lowest BCUT2D eigenvalue weighted by Gasteiger charge is -2.13. The molecule has 1 aromatic carbocycles. The lowest BCUT2D eigenvalue weighted by Crippen LogP contribution is -2.11. The molecule has 0 saturated heterocycles. The fourth-order valence-corrected chi connectivity index (χ4v) is 2.20. The largest absolute Gasteiger partial charge is 0.475 e. The van der Waals surface area contributed by atoms with Crippen LogP contribution < -0.4 is 16.2 Å². The Balaban J connectivity index is 2.10. The predicted octanol–water partition coefficient (Wildman–Crippen LogP) is 0.839. The van der Waals surface area contributed by atoms with Crippen LogP contribution in [0.1, 0.15) is 0 Å². The van der Waals surface area contributed by atoms with Gasteiger partial charge in [-0.15, -0.1) is 0 Å². The van der Waals surface area contributed by atoms with Gasteiger partial charge in [-0.25, -0.2) is 0 Å². The first-order chi connectivity index (χ1) is 10.9. The molecule has 1 aromatic heterocycles. The first kappa shape index (κ1) is 17.2. The van der Waals surface area contributed by atoms with Gasteiger partial charge in [0.25, 0.3) is 0 Å². The van der Waals surface area contributed by atoms with Crippen molar-refractivity contribution in [2.24, 2.45) is 0 Å². The van der Waals surface area contributed by atoms with Crippen molar-refractivity contribution in [3.63, 3.8) is 0 Å². The highest BCUT2D eigenvalue weighted by Crippen LogP contribution is 2.34. The van der Waals surface area contributed by atoms with Gasteiger partial charge in [-0.2, -0.15) is 9.97 Å². The van der Waals surface area contributed by atoms with Crippen LogP contribution in [0.2, 0.25) is 0 Å². The number of benzene rings is 1. The Bertz CT molecular complexity index is 707. The smallest absolute Gasteiger partial charge is 0.350 e. The molecule has 0 aliphatic heterocycles. The maximum Gasteiger partial charge on any atom is 0.350 e. The topological polar surface area (TPSA) is 154 Å². The van der Waals surface area contributed by atoms with E-state index < -0.39 is 13.9 Å². The van der Waals surface area contributed by atoms with Gasteiger partial charge < -0.3 is 30.7 Å². The average molecular weight is 340 g/mol. The molecular weight excluding hydrogens is 323 g/mol. The summed E-state index contributed by atoms with van der Waals surface area (Å²) in [5.41, 5.74) is 12.7. The van der Waals surface area contributed by atoms with Crippen molar-refractivity contribution in [1.29, 1.82) is 0 Å². The van der Waals surface area contributed by atoms with Crippen molar-refractivity contribution < 1.29 is 23.8 Å². The van der Waals surface area contributed by atoms with Crippen LogP contribution in [0.15, 0.2) is 30.3 Å². The highest BCUT2D eigenvalue weighted by atomic mass is 31.2. The summed E-state index contributed by atoms with van der Waals surface area (Å²) in [5.74, 6) is 0.323. The zero-order chi connectivity index (χ0) is 16.9. The maximum absolute atomic E-state index is 10.7. The first-order valence-corrected chi connectivity index (χ1v) is 8.40. The Morgan fingerprint density at radius 3 is 2.43 bits per heavy atom. The zero-order valence-electron chi connectivity index (χ0n) is 12.1. The molecule has 0 fully saturated rings. The molecule has 0 saturated carbocycles. The molecule has 0 radical (unpaired) electrons. The van der Waals surface area contributed by atoms with E-state index in [1.165, 1.54) is 0 Å². The van der Waals surface area contributed by atoms with Crippen molar-refractivity contribution >= 4 is 19.4 Å². The molecule has 0 aliphatic rings. The summed E-state index contributed by atoms with van der Waals surface area (Å²) >= 11 is 0. The number of hydrogen-bond acceptors (Lipinski definition) is 7. The Kier molecular flexibility index (Phi) is 5.51. The van der Waals surface area contributed by atoms with E-state index in [1.54, 1.807) is 0 Å². The second-order valence-electron chi connectivity index (χ2n) is 4.56. The third-order valence-electron chi connectivity index (χ3n) is 2.71. The minimum atomic E-state index is -4.19. The van der Waals surface area contributed by atoms with Gasteiger partial charge in [0.1, 0.15) is 18.8 Å². The second-order valence-corrected chi connectivity index (χ2v) is 6.15. The third kappa shape index (κ3) is 5.19. The number of ether oxygens (including phenoxy) is 2. The van der Waals surface area contributed by atoms with Gasteiger partial charge in [0, 0.05) is 0 Å². The molecule has 9 nitrogen and oxygen atoms in total. The molecule has 0 spiro atoms. The molecule has 23 heavy (non-hydrogen) atoms. The molecule has 0 atom stereocenters. The number of hydrogen-bond donors (Lipinski definition) is 4. The van der Waals surface area contributed by atoms with Crippen molar-refractivity contribution in [3.8, 4) is 17.0 Å². The molecular formula is C13H17N4O5P. The van der Waals surface area contributed by atoms with Crippen LogP contribution in [0.3, 0.4) is 0 Å². The van der Waals surface area contributed by atoms with Gasteiger partial charge >= 0.3 is 7.60 Å². The monoisotopic (exact) mass is 340 g/mol. The summed E-state index contributed by atoms with van der Waals surface area (Å²) in [7, 11) is -4.19. The number of nitrogens with two attached hydrogens (primary N) is 2. The molecule has 0 bridgehead atoms. The summed E-state index contributed by atoms with van der Waals surface area (Å²) in [4.78, 5) is 25.3. The number of anilines is 2. The van der Waals surface area contributed by atoms with Gasteiger partial charge in [0.2, 0.25) is 11.8 Å². The van der Waals surface area contributed by atoms with Crippen LogP contribution in [0.4, 0.5) is 11.8 Å². The summed E-state index contributed by atoms with van der Waals surface area (Å²) < 4.78 is 21.0. The summed E-state index contributed by atoms with van der Waals surface area (Å²) in [6.07, 6.45) is -0.671. The molecule has 124 valence electrons. The number of nitrogens with zero attached hydrogens (tertiary/aromatic N) is 2. The average Bonchev–Trinajstić information content (AvgIpc) is 2.46. The maximum atomic E-state index is 10.7. The minimum Gasteiger partial charge on any atom is -0.475 e. The summed E-state index contributed by atoms with van der Waals surface area (Å²) in [6.45, 7) is -0.00111. The van der Waals surface area contributed by atoms with Crippen molar-refractivity contribution in [3.05, 3.63) is 30.3 Å². The standard InChI is InChI=1S/C13H17N4O5P/c14-11-10(9-4-2-1-3-5-9)12(17-13(15)16-11)22-7-6-21-8-23(18,19)20/h1-5H,6-8H2,(H2,18,19,20)(H4,14,15,16,17). The van der Waals surface area contributed by atoms with Crippen LogP contribution >= 0.6 is 7.60 Å². The number of nitrogen functional groups attached to an aromatic ring is 2. The highest BCUT2D eigenvalue weighted by Gasteiger charge is 2.16. The summed E-state index contributed by atoms with van der Waals surface area (Å²) in [6, 6.07) is 9.16. The van der Waals surface area contributed by atoms with Gasteiger partial charge in [0.05, 0.1) is 12.2 Å². The van der Waals surface area contributed by atoms with E-state index in [0.29, 0.717) is 5.56 Å². The predicted molar refractivity (Wildman–Crippen MR) is 84.7 cm³/mol. The van der Waals surface area contributed by atoms with Crippen LogP contribution in [0.25, 0.3) is 11.1 Å². The van der Waals surface area contributed by atoms with E-state index in [4.69, 9.17) is 30.7 Å². The Hall–Kier alpha value is -2.19. The molecule has 1 heterocycles. The van der Waals surface area contributed by atoms with Crippen molar-refractivity contribution in [1.82, 2.24) is 9.97 Å². The number of rotatable bonds is 7. The molecule has 0 amide bonds. The van der Waals surface area contributed by atoms with Crippen molar-refractivity contribution in [2.75, 3.05) is 31.0 Å². The lowest BCUT2D eigenvalue weighted by atomic mass is 10.1. The lowest BCUT2D eigenvalue weighted by molar-refractivity contribution is 0.118. The van der Waals surface area contributed by atoms with E-state index in [0.717, 1.165) is 5.56 Å². The SMILES string of the molecule is Nc1nc(N)c(-c2ccccc2)c(OCCOCP(=O)(O)O)n1. The van der Waals surface area contributed by atoms with Crippen LogP contribution in [0.5, 0.6) is 5.88 Å². The van der Waals surface area contributed by atoms with E-state index in [1.807, 2.05) is 30.3 Å². The Morgan fingerprint density at radius 2 is 1.78 bits per heavy atom. The van der Waals surface area contributed by atoms with Crippen LogP contribution in [-0.2, 0) is 9.30 Å². The third-order valence-corrected chi connectivity index (χ3v) is 3.23. The van der Waals surface area contributed by atoms with Gasteiger partial charge in [-0.05, 0) is 5.56 Å². The highest BCUT2D eigenvalue weighted by molar-refractivity contribution is 7.51. The van der Waals surface area contributed by atoms with Crippen molar-refractivity contribution in [2.45, 2.75) is 0 Å². The first-order valence-electron chi connectivity index (χ1n) is 6.60. The van der Waals surface area contributed by atoms with E-state index in [2.05, 4.69) is 9.97 Å². The van der Waals surface area contributed by atoms with Gasteiger partial charge in [-0.1, -0.05) is 30.3 Å². The normalized spacial score (nSPS) is 11.4. The molecule has 0 aliphatic carbocycles. The van der Waals surface area contributed by atoms with Crippen LogP contribution in [0, 0.1) is 0 Å². The van der Waals surface area contributed by atoms with E-state index in [-0.39, 0.29) is 30.9 Å². The second kappa shape index (κ2) is 7.38. The zero-order valence-corrected chi connectivity index (χ0v) is 13.0. The van der Waals surface area contributed by atoms with Gasteiger partial charge in [-0.3, -0.25) is 4.57 Å². The Morgan fingerprint density at radius 1 is 1.09 bits per heavy atom. The molecule has 2 aromatic rings. The number of aromatic nitrogens is 2. The minimum absolute atomic E-state index is 0.0235. The van der Waals surface area contributed by atoms with Gasteiger partial charge in [0.15, 0.2) is 0 Å². The molecule has 6 N–H and O–H groups in total. The van der Waals surface area contributed by atoms with Crippen LogP contribution in [-0.4, -0.2) is 39.3 Å². The van der Waals surface area contributed by atoms with E-state index in [9.17, 15) is 4.57 Å². The van der Waals surface area contributed by atoms with E-state index >= 15 is 0 Å². The summed E-state index contributed by atoms with van der Waals surface area (Å²) in [5, 5.41) is 0. The quantitative estimate of drug-likeness (QED) is 0.424. The molecule has 10 heteroatoms. The molecule has 0 unspecified atom stereocenters. The fourth-order valence-electron chi connectivity index (χ4n) is 1.84. The fraction of sp³-hybridized carbons (Fsp3) is 0.231. The Labute approximate surface area is 132 Å².